The van der Waals surface area contributed by atoms with Crippen LogP contribution in [-0.4, -0.2) is 46.6 Å². The molecule has 2 heterocycles. The summed E-state index contributed by atoms with van der Waals surface area (Å²) in [5, 5.41) is 2.63. The van der Waals surface area contributed by atoms with E-state index in [-0.39, 0.29) is 17.9 Å². The highest BCUT2D eigenvalue weighted by atomic mass is 16.5. The first-order valence-electron chi connectivity index (χ1n) is 7.18. The van der Waals surface area contributed by atoms with Crippen molar-refractivity contribution in [1.82, 2.24) is 20.2 Å². The lowest BCUT2D eigenvalue weighted by atomic mass is 10.0. The molecule has 0 radical (unpaired) electrons. The second-order valence-electron chi connectivity index (χ2n) is 5.52. The summed E-state index contributed by atoms with van der Waals surface area (Å²) in [5.74, 6) is 0.685. The van der Waals surface area contributed by atoms with E-state index in [1.54, 1.807) is 17.3 Å². The third-order valence-corrected chi connectivity index (χ3v) is 3.76. The Morgan fingerprint density at radius 3 is 2.86 bits per heavy atom. The van der Waals surface area contributed by atoms with Crippen molar-refractivity contribution >= 4 is 12.0 Å². The van der Waals surface area contributed by atoms with Crippen LogP contribution >= 0.6 is 0 Å². The van der Waals surface area contributed by atoms with Gasteiger partial charge in [0.05, 0.1) is 13.2 Å². The lowest BCUT2D eigenvalue weighted by Crippen LogP contribution is -2.51. The first kappa shape index (κ1) is 15.3. The van der Waals surface area contributed by atoms with Crippen molar-refractivity contribution in [3.63, 3.8) is 0 Å². The van der Waals surface area contributed by atoms with Crippen LogP contribution in [0.25, 0.3) is 0 Å². The van der Waals surface area contributed by atoms with Crippen molar-refractivity contribution < 1.29 is 14.3 Å². The molecule has 0 spiro atoms. The third-order valence-electron chi connectivity index (χ3n) is 3.76. The Balaban J connectivity index is 2.13. The number of hydrogen-bond acceptors (Lipinski definition) is 4. The fourth-order valence-corrected chi connectivity index (χ4v) is 2.65. The van der Waals surface area contributed by atoms with Crippen LogP contribution in [0.2, 0.25) is 0 Å². The van der Waals surface area contributed by atoms with Crippen molar-refractivity contribution in [1.29, 1.82) is 0 Å². The van der Waals surface area contributed by atoms with E-state index in [2.05, 4.69) is 20.0 Å². The minimum Gasteiger partial charge on any atom is -0.453 e. The number of likely N-dealkylation sites (tertiary alicyclic amines) is 1. The molecule has 2 atom stereocenters. The molecule has 2 rings (SSSR count). The summed E-state index contributed by atoms with van der Waals surface area (Å²) in [6, 6.07) is -0.638. The molecule has 0 aromatic carbocycles. The van der Waals surface area contributed by atoms with Gasteiger partial charge in [0.1, 0.15) is 11.9 Å². The van der Waals surface area contributed by atoms with Gasteiger partial charge in [-0.05, 0) is 18.8 Å². The summed E-state index contributed by atoms with van der Waals surface area (Å²) in [6.07, 6.45) is 4.66. The number of ether oxygens (including phenoxy) is 1. The normalized spacial score (nSPS) is 19.6. The average molecular weight is 294 g/mol. The molecule has 1 aliphatic rings. The van der Waals surface area contributed by atoms with E-state index in [9.17, 15) is 9.59 Å². The van der Waals surface area contributed by atoms with Crippen molar-refractivity contribution in [2.24, 2.45) is 5.92 Å². The molecule has 1 aromatic rings. The molecule has 2 N–H and O–H groups in total. The topological polar surface area (TPSA) is 87.3 Å². The molecule has 116 valence electrons. The van der Waals surface area contributed by atoms with Gasteiger partial charge < -0.3 is 19.9 Å². The number of alkyl carbamates (subject to hydrolysis) is 1. The van der Waals surface area contributed by atoms with E-state index in [0.717, 1.165) is 18.7 Å². The summed E-state index contributed by atoms with van der Waals surface area (Å²) in [7, 11) is 1.29. The number of aromatic nitrogens is 2. The van der Waals surface area contributed by atoms with E-state index in [1.807, 2.05) is 13.8 Å². The standard InChI is InChI=1S/C14H22N4O3/c1-9(2)11(17-14(20)21-3)13(19)18-8-4-5-10(18)12-15-6-7-16-12/h6-7,9-11H,4-5,8H2,1-3H3,(H,15,16)(H,17,20)/t10-,11?/m0/s1. The molecule has 1 aliphatic heterocycles. The largest absolute Gasteiger partial charge is 0.453 e. The second kappa shape index (κ2) is 6.60. The van der Waals surface area contributed by atoms with Gasteiger partial charge in [-0.1, -0.05) is 13.8 Å². The van der Waals surface area contributed by atoms with Gasteiger partial charge in [0.15, 0.2) is 0 Å². The summed E-state index contributed by atoms with van der Waals surface area (Å²) in [5.41, 5.74) is 0. The number of carbonyl (C=O) groups is 2. The maximum Gasteiger partial charge on any atom is 0.407 e. The summed E-state index contributed by atoms with van der Waals surface area (Å²) in [4.78, 5) is 33.3. The van der Waals surface area contributed by atoms with Crippen LogP contribution in [0.1, 0.15) is 38.6 Å². The van der Waals surface area contributed by atoms with Crippen LogP contribution in [0.15, 0.2) is 12.4 Å². The molecular weight excluding hydrogens is 272 g/mol. The van der Waals surface area contributed by atoms with Gasteiger partial charge in [0.2, 0.25) is 5.91 Å². The Morgan fingerprint density at radius 2 is 2.29 bits per heavy atom. The fraction of sp³-hybridized carbons (Fsp3) is 0.643. The highest BCUT2D eigenvalue weighted by Crippen LogP contribution is 2.30. The van der Waals surface area contributed by atoms with Gasteiger partial charge in [-0.25, -0.2) is 9.78 Å². The SMILES string of the molecule is COC(=O)NC(C(=O)N1CCC[C@H]1c1ncc[nH]1)C(C)C. The predicted octanol–water partition coefficient (Wildman–Crippen LogP) is 1.45. The molecular formula is C14H22N4O3. The Labute approximate surface area is 124 Å². The zero-order valence-corrected chi connectivity index (χ0v) is 12.6. The van der Waals surface area contributed by atoms with Gasteiger partial charge in [-0.15, -0.1) is 0 Å². The Kier molecular flexibility index (Phi) is 4.82. The van der Waals surface area contributed by atoms with E-state index >= 15 is 0 Å². The molecule has 0 saturated carbocycles. The summed E-state index contributed by atoms with van der Waals surface area (Å²) < 4.78 is 4.60. The summed E-state index contributed by atoms with van der Waals surface area (Å²) >= 11 is 0. The quantitative estimate of drug-likeness (QED) is 0.880. The molecule has 0 bridgehead atoms. The van der Waals surface area contributed by atoms with Crippen molar-refractivity contribution in [3.8, 4) is 0 Å². The molecule has 2 amide bonds. The molecule has 1 unspecified atom stereocenters. The lowest BCUT2D eigenvalue weighted by molar-refractivity contribution is -0.135. The van der Waals surface area contributed by atoms with Crippen LogP contribution in [0.4, 0.5) is 4.79 Å². The second-order valence-corrected chi connectivity index (χ2v) is 5.52. The zero-order valence-electron chi connectivity index (χ0n) is 12.6. The van der Waals surface area contributed by atoms with Gasteiger partial charge in [0.25, 0.3) is 0 Å². The van der Waals surface area contributed by atoms with Gasteiger partial charge in [-0.3, -0.25) is 4.79 Å². The number of imidazole rings is 1. The molecule has 7 heteroatoms. The van der Waals surface area contributed by atoms with Crippen molar-refractivity contribution in [3.05, 3.63) is 18.2 Å². The number of amides is 2. The highest BCUT2D eigenvalue weighted by Gasteiger charge is 2.37. The number of hydrogen-bond donors (Lipinski definition) is 2. The smallest absolute Gasteiger partial charge is 0.407 e. The zero-order chi connectivity index (χ0) is 15.4. The monoisotopic (exact) mass is 294 g/mol. The molecule has 1 aromatic heterocycles. The number of nitrogens with one attached hydrogen (secondary N) is 2. The van der Waals surface area contributed by atoms with Crippen LogP contribution in [0.5, 0.6) is 0 Å². The van der Waals surface area contributed by atoms with Crippen LogP contribution in [0, 0.1) is 5.92 Å². The van der Waals surface area contributed by atoms with Gasteiger partial charge >= 0.3 is 6.09 Å². The molecule has 1 fully saturated rings. The number of nitrogens with zero attached hydrogens (tertiary/aromatic N) is 2. The summed E-state index contributed by atoms with van der Waals surface area (Å²) in [6.45, 7) is 4.48. The predicted molar refractivity (Wildman–Crippen MR) is 76.4 cm³/mol. The number of carbonyl (C=O) groups excluding carboxylic acids is 2. The Hall–Kier alpha value is -2.05. The van der Waals surface area contributed by atoms with E-state index < -0.39 is 12.1 Å². The van der Waals surface area contributed by atoms with Crippen LogP contribution < -0.4 is 5.32 Å². The molecule has 7 nitrogen and oxygen atoms in total. The van der Waals surface area contributed by atoms with Crippen LogP contribution in [0.3, 0.4) is 0 Å². The Morgan fingerprint density at radius 1 is 1.52 bits per heavy atom. The molecule has 0 aliphatic carbocycles. The van der Waals surface area contributed by atoms with E-state index in [0.29, 0.717) is 6.54 Å². The number of H-pyrrole nitrogens is 1. The van der Waals surface area contributed by atoms with E-state index in [4.69, 9.17) is 0 Å². The van der Waals surface area contributed by atoms with Gasteiger partial charge in [-0.2, -0.15) is 0 Å². The highest BCUT2D eigenvalue weighted by molar-refractivity contribution is 5.86. The lowest BCUT2D eigenvalue weighted by Gasteiger charge is -2.29. The minimum atomic E-state index is -0.590. The number of aromatic amines is 1. The number of rotatable bonds is 4. The average Bonchev–Trinajstić information content (AvgIpc) is 3.12. The fourth-order valence-electron chi connectivity index (χ4n) is 2.65. The van der Waals surface area contributed by atoms with Crippen molar-refractivity contribution in [2.75, 3.05) is 13.7 Å². The maximum absolute atomic E-state index is 12.8. The van der Waals surface area contributed by atoms with Crippen molar-refractivity contribution in [2.45, 2.75) is 38.8 Å². The molecule has 1 saturated heterocycles. The minimum absolute atomic E-state index is 0.0190. The first-order chi connectivity index (χ1) is 10.0. The van der Waals surface area contributed by atoms with Crippen LogP contribution in [-0.2, 0) is 9.53 Å². The molecule has 21 heavy (non-hydrogen) atoms. The number of methoxy groups -OCH3 is 1. The maximum atomic E-state index is 12.8. The van der Waals surface area contributed by atoms with Gasteiger partial charge in [0, 0.05) is 18.9 Å². The third kappa shape index (κ3) is 3.34. The van der Waals surface area contributed by atoms with E-state index in [1.165, 1.54) is 7.11 Å². The Bertz CT molecular complexity index is 486. The first-order valence-corrected chi connectivity index (χ1v) is 7.18.